The summed E-state index contributed by atoms with van der Waals surface area (Å²) in [6.07, 6.45) is 1.78. The van der Waals surface area contributed by atoms with E-state index in [2.05, 4.69) is 5.32 Å². The number of aryl methyl sites for hydroxylation is 2. The minimum absolute atomic E-state index is 0.107. The lowest BCUT2D eigenvalue weighted by Gasteiger charge is -2.15. The first-order chi connectivity index (χ1) is 16.7. The first-order valence-corrected chi connectivity index (χ1v) is 12.5. The Kier molecular flexibility index (Phi) is 7.60. The van der Waals surface area contributed by atoms with Gasteiger partial charge in [-0.1, -0.05) is 65.9 Å². The number of anilines is 2. The number of ether oxygens (including phenoxy) is 1. The van der Waals surface area contributed by atoms with Crippen LogP contribution in [-0.4, -0.2) is 22.7 Å². The number of nitrogens with one attached hydrogen (secondary N) is 1. The minimum Gasteiger partial charge on any atom is -0.484 e. The Morgan fingerprint density at radius 1 is 1.09 bits per heavy atom. The molecule has 4 rings (SSSR count). The summed E-state index contributed by atoms with van der Waals surface area (Å²) in [5.41, 5.74) is 5.31. The lowest BCUT2D eigenvalue weighted by molar-refractivity contribution is -0.118. The van der Waals surface area contributed by atoms with Gasteiger partial charge in [-0.2, -0.15) is 0 Å². The predicted molar refractivity (Wildman–Crippen MR) is 148 cm³/mol. The van der Waals surface area contributed by atoms with Gasteiger partial charge >= 0.3 is 0 Å². The summed E-state index contributed by atoms with van der Waals surface area (Å²) in [5.74, 6) is 0.131. The van der Waals surface area contributed by atoms with Crippen LogP contribution >= 0.6 is 35.6 Å². The van der Waals surface area contributed by atoms with Crippen molar-refractivity contribution in [2.24, 2.45) is 0 Å². The second kappa shape index (κ2) is 10.6. The largest absolute Gasteiger partial charge is 0.484 e. The predicted octanol–water partition coefficient (Wildman–Crippen LogP) is 6.69. The molecule has 0 atom stereocenters. The topological polar surface area (TPSA) is 58.6 Å². The Hall–Kier alpha value is -3.13. The van der Waals surface area contributed by atoms with E-state index in [0.29, 0.717) is 25.7 Å². The highest BCUT2D eigenvalue weighted by Crippen LogP contribution is 2.37. The third-order valence-corrected chi connectivity index (χ3v) is 7.34. The van der Waals surface area contributed by atoms with Crippen molar-refractivity contribution in [2.75, 3.05) is 16.8 Å². The van der Waals surface area contributed by atoms with Crippen LogP contribution in [0.3, 0.4) is 0 Å². The zero-order chi connectivity index (χ0) is 25.1. The van der Waals surface area contributed by atoms with Crippen LogP contribution in [0.15, 0.2) is 65.6 Å². The van der Waals surface area contributed by atoms with Gasteiger partial charge in [0.05, 0.1) is 10.6 Å². The fourth-order valence-corrected chi connectivity index (χ4v) is 4.92. The van der Waals surface area contributed by atoms with Crippen LogP contribution in [0, 0.1) is 20.8 Å². The van der Waals surface area contributed by atoms with E-state index >= 15 is 0 Å². The lowest BCUT2D eigenvalue weighted by Crippen LogP contribution is -2.27. The third-order valence-electron chi connectivity index (χ3n) is 5.63. The van der Waals surface area contributed by atoms with Crippen LogP contribution in [0.1, 0.15) is 22.3 Å². The van der Waals surface area contributed by atoms with Gasteiger partial charge < -0.3 is 10.1 Å². The number of hydrogen-bond donors (Lipinski definition) is 1. The molecule has 0 radical (unpaired) electrons. The SMILES string of the molecule is Cc1ccc(N2C(=O)/C(=C/c3ccc(OCC(=O)Nc4cccc(C)c4C)cc3)SC2=S)cc1Cl. The maximum atomic E-state index is 13.0. The number of carbonyl (C=O) groups excluding carboxylic acids is 2. The number of carbonyl (C=O) groups is 2. The standard InChI is InChI=1S/C27H23ClN2O3S2/c1-16-5-4-6-23(18(16)3)29-25(31)15-33-21-11-8-19(9-12-21)13-24-26(32)30(27(34)35-24)20-10-7-17(2)22(28)14-20/h4-14H,15H2,1-3H3,(H,29,31)/b24-13-. The molecule has 0 aliphatic carbocycles. The van der Waals surface area contributed by atoms with Crippen LogP contribution in [-0.2, 0) is 9.59 Å². The molecule has 0 saturated carbocycles. The first-order valence-electron chi connectivity index (χ1n) is 10.9. The molecular weight excluding hydrogens is 500 g/mol. The average Bonchev–Trinajstić information content (AvgIpc) is 3.11. The van der Waals surface area contributed by atoms with Gasteiger partial charge in [0.2, 0.25) is 0 Å². The molecule has 5 nitrogen and oxygen atoms in total. The molecule has 0 aromatic heterocycles. The molecule has 1 aliphatic rings. The van der Waals surface area contributed by atoms with Crippen molar-refractivity contribution >= 4 is 69.2 Å². The molecule has 178 valence electrons. The van der Waals surface area contributed by atoms with E-state index in [0.717, 1.165) is 27.9 Å². The van der Waals surface area contributed by atoms with E-state index in [1.165, 1.54) is 16.7 Å². The maximum absolute atomic E-state index is 13.0. The second-order valence-corrected chi connectivity index (χ2v) is 10.2. The molecule has 1 N–H and O–H groups in total. The van der Waals surface area contributed by atoms with Crippen molar-refractivity contribution in [3.05, 3.63) is 92.8 Å². The van der Waals surface area contributed by atoms with Gasteiger partial charge in [-0.05, 0) is 79.4 Å². The van der Waals surface area contributed by atoms with Crippen LogP contribution in [0.2, 0.25) is 5.02 Å². The molecule has 0 spiro atoms. The molecule has 1 heterocycles. The molecule has 35 heavy (non-hydrogen) atoms. The Morgan fingerprint density at radius 2 is 1.83 bits per heavy atom. The molecule has 3 aromatic rings. The number of thiocarbonyl (C=S) groups is 1. The molecule has 8 heteroatoms. The van der Waals surface area contributed by atoms with Crippen molar-refractivity contribution in [1.29, 1.82) is 0 Å². The Morgan fingerprint density at radius 3 is 2.54 bits per heavy atom. The fourth-order valence-electron chi connectivity index (χ4n) is 3.44. The number of halogens is 1. The highest BCUT2D eigenvalue weighted by molar-refractivity contribution is 8.27. The highest BCUT2D eigenvalue weighted by Gasteiger charge is 2.33. The van der Waals surface area contributed by atoms with Crippen LogP contribution in [0.4, 0.5) is 11.4 Å². The van der Waals surface area contributed by atoms with E-state index in [1.54, 1.807) is 24.3 Å². The van der Waals surface area contributed by atoms with E-state index in [9.17, 15) is 9.59 Å². The summed E-state index contributed by atoms with van der Waals surface area (Å²) in [6, 6.07) is 18.4. The van der Waals surface area contributed by atoms with Gasteiger partial charge in [-0.25, -0.2) is 0 Å². The van der Waals surface area contributed by atoms with Gasteiger partial charge in [0, 0.05) is 10.7 Å². The van der Waals surface area contributed by atoms with Crippen molar-refractivity contribution < 1.29 is 14.3 Å². The number of hydrogen-bond acceptors (Lipinski definition) is 5. The second-order valence-electron chi connectivity index (χ2n) is 8.10. The summed E-state index contributed by atoms with van der Waals surface area (Å²) in [7, 11) is 0. The van der Waals surface area contributed by atoms with E-state index in [1.807, 2.05) is 63.2 Å². The Bertz CT molecular complexity index is 1350. The zero-order valence-electron chi connectivity index (χ0n) is 19.4. The average molecular weight is 523 g/mol. The van der Waals surface area contributed by atoms with Gasteiger partial charge in [-0.15, -0.1) is 0 Å². The molecule has 1 aliphatic heterocycles. The van der Waals surface area contributed by atoms with Gasteiger partial charge in [0.25, 0.3) is 11.8 Å². The minimum atomic E-state index is -0.234. The molecule has 2 amide bonds. The molecule has 3 aromatic carbocycles. The molecule has 0 unspecified atom stereocenters. The molecule has 1 fully saturated rings. The van der Waals surface area contributed by atoms with Crippen molar-refractivity contribution in [1.82, 2.24) is 0 Å². The monoisotopic (exact) mass is 522 g/mol. The summed E-state index contributed by atoms with van der Waals surface area (Å²) in [5, 5.41) is 3.46. The highest BCUT2D eigenvalue weighted by atomic mass is 35.5. The molecule has 0 bridgehead atoms. The van der Waals surface area contributed by atoms with E-state index in [-0.39, 0.29) is 18.4 Å². The Balaban J connectivity index is 1.38. The normalized spacial score (nSPS) is 14.5. The fraction of sp³-hybridized carbons (Fsp3) is 0.148. The van der Waals surface area contributed by atoms with E-state index in [4.69, 9.17) is 28.6 Å². The lowest BCUT2D eigenvalue weighted by atomic mass is 10.1. The van der Waals surface area contributed by atoms with Crippen molar-refractivity contribution in [3.63, 3.8) is 0 Å². The van der Waals surface area contributed by atoms with E-state index < -0.39 is 0 Å². The Labute approximate surface area is 219 Å². The summed E-state index contributed by atoms with van der Waals surface area (Å²) < 4.78 is 6.08. The molecule has 1 saturated heterocycles. The van der Waals surface area contributed by atoms with Gasteiger partial charge in [0.1, 0.15) is 5.75 Å². The van der Waals surface area contributed by atoms with Crippen LogP contribution in [0.5, 0.6) is 5.75 Å². The number of rotatable bonds is 6. The zero-order valence-corrected chi connectivity index (χ0v) is 21.8. The summed E-state index contributed by atoms with van der Waals surface area (Å²) in [4.78, 5) is 27.3. The number of thioether (sulfide) groups is 1. The number of nitrogens with zero attached hydrogens (tertiary/aromatic N) is 1. The number of amides is 2. The van der Waals surface area contributed by atoms with Gasteiger partial charge in [-0.3, -0.25) is 14.5 Å². The smallest absolute Gasteiger partial charge is 0.270 e. The summed E-state index contributed by atoms with van der Waals surface area (Å²) in [6.45, 7) is 5.76. The molecular formula is C27H23ClN2O3S2. The van der Waals surface area contributed by atoms with Crippen molar-refractivity contribution in [3.8, 4) is 5.75 Å². The van der Waals surface area contributed by atoms with Crippen LogP contribution in [0.25, 0.3) is 6.08 Å². The third kappa shape index (κ3) is 5.75. The summed E-state index contributed by atoms with van der Waals surface area (Å²) >= 11 is 12.9. The first kappa shape index (κ1) is 25.0. The van der Waals surface area contributed by atoms with Crippen LogP contribution < -0.4 is 15.0 Å². The maximum Gasteiger partial charge on any atom is 0.270 e. The van der Waals surface area contributed by atoms with Gasteiger partial charge in [0.15, 0.2) is 10.9 Å². The number of benzene rings is 3. The quantitative estimate of drug-likeness (QED) is 0.289. The van der Waals surface area contributed by atoms with Crippen molar-refractivity contribution in [2.45, 2.75) is 20.8 Å².